The number of hydrogen-bond acceptors (Lipinski definition) is 2. The van der Waals surface area contributed by atoms with Crippen LogP contribution in [0, 0.1) is 5.82 Å². The summed E-state index contributed by atoms with van der Waals surface area (Å²) in [5.74, 6) is -0.205. The summed E-state index contributed by atoms with van der Waals surface area (Å²) in [6, 6.07) is 6.32. The van der Waals surface area contributed by atoms with Crippen molar-refractivity contribution in [3.8, 4) is 0 Å². The van der Waals surface area contributed by atoms with Crippen LogP contribution in [0.15, 0.2) is 24.3 Å². The maximum atomic E-state index is 12.6. The Balaban J connectivity index is 2.07. The first-order valence-electron chi connectivity index (χ1n) is 5.57. The number of hydrazine groups is 1. The monoisotopic (exact) mass is 210 g/mol. The van der Waals surface area contributed by atoms with E-state index >= 15 is 0 Å². The summed E-state index contributed by atoms with van der Waals surface area (Å²) in [6.45, 7) is 3.14. The molecule has 3 heteroatoms. The molecule has 15 heavy (non-hydrogen) atoms. The molecule has 2 N–H and O–H groups in total. The molecule has 0 bridgehead atoms. The minimum atomic E-state index is -0.205. The zero-order valence-electron chi connectivity index (χ0n) is 9.22. The molecule has 0 fully saturated rings. The van der Waals surface area contributed by atoms with Crippen molar-refractivity contribution in [1.29, 1.82) is 0 Å². The van der Waals surface area contributed by atoms with Gasteiger partial charge in [-0.1, -0.05) is 26.2 Å². The second-order valence-electron chi connectivity index (χ2n) is 3.62. The molecule has 0 spiro atoms. The van der Waals surface area contributed by atoms with Crippen molar-refractivity contribution < 1.29 is 4.39 Å². The number of benzene rings is 1. The average Bonchev–Trinajstić information content (AvgIpc) is 2.26. The Kier molecular flexibility index (Phi) is 5.78. The van der Waals surface area contributed by atoms with E-state index in [2.05, 4.69) is 17.8 Å². The van der Waals surface area contributed by atoms with Crippen molar-refractivity contribution in [3.63, 3.8) is 0 Å². The molecule has 1 aromatic rings. The molecular formula is C12H19FN2. The van der Waals surface area contributed by atoms with E-state index < -0.39 is 0 Å². The molecule has 0 unspecified atom stereocenters. The molecule has 0 saturated heterocycles. The van der Waals surface area contributed by atoms with E-state index in [1.54, 1.807) is 12.1 Å². The molecule has 0 heterocycles. The Morgan fingerprint density at radius 3 is 2.47 bits per heavy atom. The Bertz CT molecular complexity index is 259. The Labute approximate surface area is 90.9 Å². The van der Waals surface area contributed by atoms with E-state index in [1.165, 1.54) is 37.8 Å². The van der Waals surface area contributed by atoms with Crippen LogP contribution in [0.5, 0.6) is 0 Å². The van der Waals surface area contributed by atoms with Crippen molar-refractivity contribution in [1.82, 2.24) is 5.43 Å². The predicted octanol–water partition coefficient (Wildman–Crippen LogP) is 3.32. The van der Waals surface area contributed by atoms with Crippen molar-refractivity contribution >= 4 is 5.69 Å². The molecule has 1 rings (SSSR count). The molecule has 0 aliphatic rings. The third kappa shape index (κ3) is 5.37. The summed E-state index contributed by atoms with van der Waals surface area (Å²) < 4.78 is 12.6. The van der Waals surface area contributed by atoms with Crippen LogP contribution in [0.4, 0.5) is 10.1 Å². The zero-order chi connectivity index (χ0) is 10.9. The van der Waals surface area contributed by atoms with Gasteiger partial charge in [-0.15, -0.1) is 0 Å². The first-order chi connectivity index (χ1) is 7.33. The minimum absolute atomic E-state index is 0.205. The van der Waals surface area contributed by atoms with Crippen LogP contribution in [-0.2, 0) is 0 Å². The SMILES string of the molecule is CCCCCCNNc1ccc(F)cc1. The molecule has 84 valence electrons. The Hall–Kier alpha value is -1.09. The molecule has 0 amide bonds. The molecule has 0 aromatic heterocycles. The van der Waals surface area contributed by atoms with Gasteiger partial charge in [-0.3, -0.25) is 0 Å². The number of anilines is 1. The lowest BCUT2D eigenvalue weighted by atomic mass is 10.2. The number of nitrogens with one attached hydrogen (secondary N) is 2. The standard InChI is InChI=1S/C12H19FN2/c1-2-3-4-5-10-14-15-12-8-6-11(13)7-9-12/h6-9,14-15H,2-5,10H2,1H3. The van der Waals surface area contributed by atoms with Crippen molar-refractivity contribution in [2.45, 2.75) is 32.6 Å². The highest BCUT2D eigenvalue weighted by atomic mass is 19.1. The second-order valence-corrected chi connectivity index (χ2v) is 3.62. The largest absolute Gasteiger partial charge is 0.322 e. The van der Waals surface area contributed by atoms with Crippen molar-refractivity contribution in [2.75, 3.05) is 12.0 Å². The molecule has 0 aliphatic carbocycles. The predicted molar refractivity (Wildman–Crippen MR) is 62.2 cm³/mol. The molecule has 0 atom stereocenters. The molecule has 1 aromatic carbocycles. The number of hydrogen-bond donors (Lipinski definition) is 2. The fourth-order valence-electron chi connectivity index (χ4n) is 1.34. The summed E-state index contributed by atoms with van der Waals surface area (Å²) in [6.07, 6.45) is 4.97. The van der Waals surface area contributed by atoms with Crippen LogP contribution in [0.1, 0.15) is 32.6 Å². The van der Waals surface area contributed by atoms with E-state index in [0.29, 0.717) is 0 Å². The van der Waals surface area contributed by atoms with Gasteiger partial charge in [-0.05, 0) is 30.7 Å². The van der Waals surface area contributed by atoms with Gasteiger partial charge in [0.2, 0.25) is 0 Å². The maximum absolute atomic E-state index is 12.6. The lowest BCUT2D eigenvalue weighted by molar-refractivity contribution is 0.625. The number of unbranched alkanes of at least 4 members (excludes halogenated alkanes) is 3. The molecule has 2 nitrogen and oxygen atoms in total. The number of halogens is 1. The molecule has 0 aliphatic heterocycles. The van der Waals surface area contributed by atoms with Crippen LogP contribution in [0.3, 0.4) is 0 Å². The first-order valence-corrected chi connectivity index (χ1v) is 5.57. The third-order valence-electron chi connectivity index (χ3n) is 2.23. The van der Waals surface area contributed by atoms with Gasteiger partial charge < -0.3 is 5.43 Å². The van der Waals surface area contributed by atoms with Crippen LogP contribution < -0.4 is 10.9 Å². The minimum Gasteiger partial charge on any atom is -0.322 e. The van der Waals surface area contributed by atoms with Gasteiger partial charge in [0.25, 0.3) is 0 Å². The van der Waals surface area contributed by atoms with E-state index in [4.69, 9.17) is 0 Å². The highest BCUT2D eigenvalue weighted by Crippen LogP contribution is 2.06. The summed E-state index contributed by atoms with van der Waals surface area (Å²) >= 11 is 0. The number of rotatable bonds is 7. The Morgan fingerprint density at radius 1 is 1.07 bits per heavy atom. The summed E-state index contributed by atoms with van der Waals surface area (Å²) in [5, 5.41) is 0. The van der Waals surface area contributed by atoms with E-state index in [9.17, 15) is 4.39 Å². The van der Waals surface area contributed by atoms with Crippen LogP contribution in [-0.4, -0.2) is 6.54 Å². The second kappa shape index (κ2) is 7.23. The third-order valence-corrected chi connectivity index (χ3v) is 2.23. The lowest BCUT2D eigenvalue weighted by Gasteiger charge is -2.07. The average molecular weight is 210 g/mol. The van der Waals surface area contributed by atoms with Gasteiger partial charge in [-0.2, -0.15) is 0 Å². The van der Waals surface area contributed by atoms with Crippen molar-refractivity contribution in [3.05, 3.63) is 30.1 Å². The maximum Gasteiger partial charge on any atom is 0.123 e. The van der Waals surface area contributed by atoms with Crippen LogP contribution >= 0.6 is 0 Å². The Morgan fingerprint density at radius 2 is 1.80 bits per heavy atom. The van der Waals surface area contributed by atoms with Crippen LogP contribution in [0.2, 0.25) is 0 Å². The normalized spacial score (nSPS) is 10.3. The van der Waals surface area contributed by atoms with E-state index in [1.807, 2.05) is 0 Å². The van der Waals surface area contributed by atoms with Crippen molar-refractivity contribution in [2.24, 2.45) is 0 Å². The molecule has 0 radical (unpaired) electrons. The van der Waals surface area contributed by atoms with Gasteiger partial charge in [-0.25, -0.2) is 9.82 Å². The lowest BCUT2D eigenvalue weighted by Crippen LogP contribution is -2.22. The smallest absolute Gasteiger partial charge is 0.123 e. The van der Waals surface area contributed by atoms with Gasteiger partial charge in [0, 0.05) is 12.2 Å². The van der Waals surface area contributed by atoms with Gasteiger partial charge in [0.15, 0.2) is 0 Å². The quantitative estimate of drug-likeness (QED) is 0.533. The summed E-state index contributed by atoms with van der Waals surface area (Å²) in [5.41, 5.74) is 7.03. The topological polar surface area (TPSA) is 24.1 Å². The van der Waals surface area contributed by atoms with Gasteiger partial charge in [0.05, 0.1) is 0 Å². The first kappa shape index (κ1) is 12.0. The highest BCUT2D eigenvalue weighted by Gasteiger charge is 1.92. The fourth-order valence-corrected chi connectivity index (χ4v) is 1.34. The van der Waals surface area contributed by atoms with E-state index in [-0.39, 0.29) is 5.82 Å². The van der Waals surface area contributed by atoms with Gasteiger partial charge >= 0.3 is 0 Å². The van der Waals surface area contributed by atoms with Crippen LogP contribution in [0.25, 0.3) is 0 Å². The highest BCUT2D eigenvalue weighted by molar-refractivity contribution is 5.41. The fraction of sp³-hybridized carbons (Fsp3) is 0.500. The summed E-state index contributed by atoms with van der Waals surface area (Å²) in [7, 11) is 0. The van der Waals surface area contributed by atoms with E-state index in [0.717, 1.165) is 12.2 Å². The summed E-state index contributed by atoms with van der Waals surface area (Å²) in [4.78, 5) is 0. The van der Waals surface area contributed by atoms with Gasteiger partial charge in [0.1, 0.15) is 5.82 Å². The zero-order valence-corrected chi connectivity index (χ0v) is 9.22. The molecular weight excluding hydrogens is 191 g/mol. The molecule has 0 saturated carbocycles.